The van der Waals surface area contributed by atoms with Crippen molar-refractivity contribution in [2.75, 3.05) is 17.7 Å². The molecular weight excluding hydrogens is 250 g/mol. The molecule has 4 nitrogen and oxygen atoms in total. The van der Waals surface area contributed by atoms with Gasteiger partial charge in [-0.1, -0.05) is 13.0 Å². The number of ether oxygens (including phenoxy) is 1. The Balaban J connectivity index is 2.18. The summed E-state index contributed by atoms with van der Waals surface area (Å²) in [6.45, 7) is 6.85. The van der Waals surface area contributed by atoms with Gasteiger partial charge in [-0.2, -0.15) is 4.98 Å². The number of pyridine rings is 1. The number of nitrogens with one attached hydrogen (secondary N) is 1. The Morgan fingerprint density at radius 3 is 2.65 bits per heavy atom. The average Bonchev–Trinajstić information content (AvgIpc) is 2.43. The molecule has 0 spiro atoms. The fourth-order valence-electron chi connectivity index (χ4n) is 1.80. The van der Waals surface area contributed by atoms with Crippen molar-refractivity contribution in [3.05, 3.63) is 41.5 Å². The summed E-state index contributed by atoms with van der Waals surface area (Å²) in [5.74, 6) is 1.22. The first-order valence-corrected chi connectivity index (χ1v) is 6.83. The van der Waals surface area contributed by atoms with Crippen molar-refractivity contribution < 1.29 is 4.74 Å². The lowest BCUT2D eigenvalue weighted by atomic mass is 10.1. The standard InChI is InChI=1S/C16H21N3O/c1-4-9-20-16-14(17)7-8-15(19-16)18-13-6-5-11(2)12(3)10-13/h5-8,10H,4,9,17H2,1-3H3,(H,18,19). The van der Waals surface area contributed by atoms with Crippen molar-refractivity contribution in [1.82, 2.24) is 4.98 Å². The molecule has 2 rings (SSSR count). The topological polar surface area (TPSA) is 60.2 Å². The van der Waals surface area contributed by atoms with Gasteiger partial charge in [-0.15, -0.1) is 0 Å². The lowest BCUT2D eigenvalue weighted by Crippen LogP contribution is -2.03. The SMILES string of the molecule is CCCOc1nc(Nc2ccc(C)c(C)c2)ccc1N. The summed E-state index contributed by atoms with van der Waals surface area (Å²) in [6.07, 6.45) is 0.927. The highest BCUT2D eigenvalue weighted by Crippen LogP contribution is 2.24. The Bertz CT molecular complexity index is 596. The molecule has 0 radical (unpaired) electrons. The molecule has 106 valence electrons. The van der Waals surface area contributed by atoms with Crippen molar-refractivity contribution in [2.24, 2.45) is 0 Å². The van der Waals surface area contributed by atoms with Crippen molar-refractivity contribution in [2.45, 2.75) is 27.2 Å². The van der Waals surface area contributed by atoms with Crippen LogP contribution in [-0.4, -0.2) is 11.6 Å². The zero-order valence-electron chi connectivity index (χ0n) is 12.2. The molecule has 2 aromatic rings. The fraction of sp³-hybridized carbons (Fsp3) is 0.312. The molecule has 0 amide bonds. The van der Waals surface area contributed by atoms with Crippen LogP contribution in [0.15, 0.2) is 30.3 Å². The van der Waals surface area contributed by atoms with Crippen LogP contribution in [0.5, 0.6) is 5.88 Å². The maximum absolute atomic E-state index is 5.85. The fourth-order valence-corrected chi connectivity index (χ4v) is 1.80. The number of rotatable bonds is 5. The quantitative estimate of drug-likeness (QED) is 0.868. The van der Waals surface area contributed by atoms with Crippen LogP contribution >= 0.6 is 0 Å². The largest absolute Gasteiger partial charge is 0.476 e. The van der Waals surface area contributed by atoms with Gasteiger partial charge in [-0.3, -0.25) is 0 Å². The molecule has 0 saturated carbocycles. The van der Waals surface area contributed by atoms with Crippen LogP contribution in [0.25, 0.3) is 0 Å². The maximum atomic E-state index is 5.85. The zero-order valence-corrected chi connectivity index (χ0v) is 12.2. The minimum atomic E-state index is 0.487. The van der Waals surface area contributed by atoms with Gasteiger partial charge < -0.3 is 15.8 Å². The number of aromatic nitrogens is 1. The molecule has 20 heavy (non-hydrogen) atoms. The lowest BCUT2D eigenvalue weighted by molar-refractivity contribution is 0.307. The van der Waals surface area contributed by atoms with Crippen molar-refractivity contribution in [1.29, 1.82) is 0 Å². The highest BCUT2D eigenvalue weighted by molar-refractivity contribution is 5.61. The molecule has 1 aromatic heterocycles. The van der Waals surface area contributed by atoms with Crippen molar-refractivity contribution >= 4 is 17.2 Å². The highest BCUT2D eigenvalue weighted by atomic mass is 16.5. The van der Waals surface area contributed by atoms with E-state index < -0.39 is 0 Å². The van der Waals surface area contributed by atoms with E-state index in [1.54, 1.807) is 6.07 Å². The van der Waals surface area contributed by atoms with E-state index in [4.69, 9.17) is 10.5 Å². The predicted octanol–water partition coefficient (Wildman–Crippen LogP) is 3.81. The molecule has 0 saturated heterocycles. The van der Waals surface area contributed by atoms with Gasteiger partial charge in [-0.25, -0.2) is 0 Å². The van der Waals surface area contributed by atoms with Crippen molar-refractivity contribution in [3.63, 3.8) is 0 Å². The smallest absolute Gasteiger partial charge is 0.239 e. The molecule has 0 bridgehead atoms. The lowest BCUT2D eigenvalue weighted by Gasteiger charge is -2.11. The molecule has 3 N–H and O–H groups in total. The summed E-state index contributed by atoms with van der Waals surface area (Å²) < 4.78 is 5.53. The van der Waals surface area contributed by atoms with Gasteiger partial charge in [-0.05, 0) is 55.7 Å². The van der Waals surface area contributed by atoms with Crippen LogP contribution in [0.4, 0.5) is 17.2 Å². The second-order valence-electron chi connectivity index (χ2n) is 4.86. The van der Waals surface area contributed by atoms with E-state index in [0.717, 1.165) is 17.9 Å². The second kappa shape index (κ2) is 6.28. The van der Waals surface area contributed by atoms with Gasteiger partial charge in [0.2, 0.25) is 5.88 Å². The number of anilines is 3. The van der Waals surface area contributed by atoms with Crippen LogP contribution in [0.3, 0.4) is 0 Å². The number of aryl methyl sites for hydroxylation is 2. The third-order valence-electron chi connectivity index (χ3n) is 3.11. The number of hydrogen-bond acceptors (Lipinski definition) is 4. The first-order chi connectivity index (χ1) is 9.60. The van der Waals surface area contributed by atoms with E-state index in [1.807, 2.05) is 19.1 Å². The molecular formula is C16H21N3O. The molecule has 1 heterocycles. The Morgan fingerprint density at radius 1 is 1.15 bits per heavy atom. The van der Waals surface area contributed by atoms with Crippen molar-refractivity contribution in [3.8, 4) is 5.88 Å². The Hall–Kier alpha value is -2.23. The maximum Gasteiger partial charge on any atom is 0.239 e. The van der Waals surface area contributed by atoms with Gasteiger partial charge in [0.15, 0.2) is 0 Å². The summed E-state index contributed by atoms with van der Waals surface area (Å²) in [5.41, 5.74) is 9.93. The molecule has 0 aliphatic carbocycles. The number of hydrogen-bond donors (Lipinski definition) is 2. The molecule has 1 aromatic carbocycles. The van der Waals surface area contributed by atoms with E-state index in [9.17, 15) is 0 Å². The number of nitrogens with zero attached hydrogens (tertiary/aromatic N) is 1. The minimum absolute atomic E-state index is 0.487. The van der Waals surface area contributed by atoms with Crippen LogP contribution in [0, 0.1) is 13.8 Å². The minimum Gasteiger partial charge on any atom is -0.476 e. The zero-order chi connectivity index (χ0) is 14.5. The molecule has 0 atom stereocenters. The summed E-state index contributed by atoms with van der Waals surface area (Å²) in [5, 5.41) is 3.27. The van der Waals surface area contributed by atoms with Gasteiger partial charge in [0.25, 0.3) is 0 Å². The summed E-state index contributed by atoms with van der Waals surface area (Å²) in [4.78, 5) is 4.40. The molecule has 0 aliphatic rings. The Kier molecular flexibility index (Phi) is 4.45. The van der Waals surface area contributed by atoms with Gasteiger partial charge >= 0.3 is 0 Å². The highest BCUT2D eigenvalue weighted by Gasteiger charge is 2.05. The summed E-state index contributed by atoms with van der Waals surface area (Å²) in [6, 6.07) is 9.88. The van der Waals surface area contributed by atoms with Crippen LogP contribution in [-0.2, 0) is 0 Å². The first kappa shape index (κ1) is 14.2. The molecule has 0 fully saturated rings. The number of nitrogens with two attached hydrogens (primary N) is 1. The number of nitrogen functional groups attached to an aromatic ring is 1. The third kappa shape index (κ3) is 3.41. The number of benzene rings is 1. The monoisotopic (exact) mass is 271 g/mol. The van der Waals surface area contributed by atoms with E-state index in [2.05, 4.69) is 36.3 Å². The first-order valence-electron chi connectivity index (χ1n) is 6.83. The van der Waals surface area contributed by atoms with Crippen LogP contribution in [0.2, 0.25) is 0 Å². The van der Waals surface area contributed by atoms with Gasteiger partial charge in [0.05, 0.1) is 12.3 Å². The second-order valence-corrected chi connectivity index (χ2v) is 4.86. The Labute approximate surface area is 120 Å². The molecule has 4 heteroatoms. The van der Waals surface area contributed by atoms with Gasteiger partial charge in [0.1, 0.15) is 5.82 Å². The van der Waals surface area contributed by atoms with Gasteiger partial charge in [0, 0.05) is 5.69 Å². The predicted molar refractivity (Wildman–Crippen MR) is 83.6 cm³/mol. The normalized spacial score (nSPS) is 10.3. The van der Waals surface area contributed by atoms with Crippen LogP contribution < -0.4 is 15.8 Å². The van der Waals surface area contributed by atoms with E-state index in [-0.39, 0.29) is 0 Å². The third-order valence-corrected chi connectivity index (χ3v) is 3.11. The van der Waals surface area contributed by atoms with E-state index in [1.165, 1.54) is 11.1 Å². The molecule has 0 aliphatic heterocycles. The summed E-state index contributed by atoms with van der Waals surface area (Å²) >= 11 is 0. The average molecular weight is 271 g/mol. The summed E-state index contributed by atoms with van der Waals surface area (Å²) in [7, 11) is 0. The van der Waals surface area contributed by atoms with E-state index >= 15 is 0 Å². The Morgan fingerprint density at radius 2 is 1.95 bits per heavy atom. The van der Waals surface area contributed by atoms with Crippen LogP contribution in [0.1, 0.15) is 24.5 Å². The molecule has 0 unspecified atom stereocenters. The van der Waals surface area contributed by atoms with E-state index in [0.29, 0.717) is 18.2 Å².